The van der Waals surface area contributed by atoms with Crippen LogP contribution in [0.5, 0.6) is 11.5 Å². The Balaban J connectivity index is 0.00000300. The third kappa shape index (κ3) is 6.38. The van der Waals surface area contributed by atoms with Crippen molar-refractivity contribution in [2.75, 3.05) is 26.7 Å². The Bertz CT molecular complexity index is 688. The summed E-state index contributed by atoms with van der Waals surface area (Å²) in [6, 6.07) is 5.35. The van der Waals surface area contributed by atoms with E-state index in [1.807, 2.05) is 14.0 Å². The average molecular weight is 516 g/mol. The molecule has 7 heteroatoms. The lowest BCUT2D eigenvalue weighted by Gasteiger charge is -2.35. The maximum atomic E-state index is 5.93. The number of ether oxygens (including phenoxy) is 2. The molecule has 1 fully saturated rings. The van der Waals surface area contributed by atoms with Crippen molar-refractivity contribution >= 4 is 29.9 Å². The summed E-state index contributed by atoms with van der Waals surface area (Å²) in [6.07, 6.45) is 3.47. The number of piperidine rings is 1. The van der Waals surface area contributed by atoms with Crippen molar-refractivity contribution in [2.45, 2.75) is 71.7 Å². The number of aliphatic imine (C=N–C) groups is 1. The maximum absolute atomic E-state index is 5.93. The summed E-state index contributed by atoms with van der Waals surface area (Å²) in [5.74, 6) is 2.77. The second kappa shape index (κ2) is 11.2. The molecule has 1 saturated heterocycles. The van der Waals surface area contributed by atoms with Gasteiger partial charge in [0, 0.05) is 56.3 Å². The number of rotatable bonds is 6. The summed E-state index contributed by atoms with van der Waals surface area (Å²) in [5, 5.41) is 7.04. The Morgan fingerprint density at radius 2 is 2.03 bits per heavy atom. The molecule has 6 nitrogen and oxygen atoms in total. The summed E-state index contributed by atoms with van der Waals surface area (Å²) in [7, 11) is 1.83. The summed E-state index contributed by atoms with van der Waals surface area (Å²) < 4.78 is 11.8. The van der Waals surface area contributed by atoms with Crippen LogP contribution in [0.4, 0.5) is 0 Å². The molecule has 2 aliphatic heterocycles. The van der Waals surface area contributed by atoms with Gasteiger partial charge in [0.15, 0.2) is 5.96 Å². The first-order chi connectivity index (χ1) is 13.5. The van der Waals surface area contributed by atoms with Crippen LogP contribution < -0.4 is 20.1 Å². The molecule has 2 heterocycles. The van der Waals surface area contributed by atoms with E-state index in [1.54, 1.807) is 0 Å². The molecule has 29 heavy (non-hydrogen) atoms. The van der Waals surface area contributed by atoms with Gasteiger partial charge in [-0.2, -0.15) is 0 Å². The van der Waals surface area contributed by atoms with Gasteiger partial charge in [-0.15, -0.1) is 24.0 Å². The van der Waals surface area contributed by atoms with Crippen LogP contribution in [0, 0.1) is 0 Å². The molecule has 3 rings (SSSR count). The number of halogens is 1. The first-order valence-electron chi connectivity index (χ1n) is 10.7. The summed E-state index contributed by atoms with van der Waals surface area (Å²) in [6.45, 7) is 12.3. The van der Waals surface area contributed by atoms with E-state index in [0.717, 1.165) is 55.4 Å². The minimum absolute atomic E-state index is 0. The van der Waals surface area contributed by atoms with E-state index in [9.17, 15) is 0 Å². The number of hydrogen-bond acceptors (Lipinski definition) is 4. The van der Waals surface area contributed by atoms with E-state index >= 15 is 0 Å². The predicted molar refractivity (Wildman–Crippen MR) is 130 cm³/mol. The molecule has 1 aromatic rings. The second-order valence-electron chi connectivity index (χ2n) is 8.11. The van der Waals surface area contributed by atoms with Gasteiger partial charge in [-0.3, -0.25) is 4.99 Å². The van der Waals surface area contributed by atoms with Crippen molar-refractivity contribution in [3.8, 4) is 11.5 Å². The molecule has 0 aliphatic carbocycles. The lowest BCUT2D eigenvalue weighted by Crippen LogP contribution is -2.49. The van der Waals surface area contributed by atoms with Crippen molar-refractivity contribution in [1.82, 2.24) is 15.5 Å². The van der Waals surface area contributed by atoms with Gasteiger partial charge in [-0.25, -0.2) is 0 Å². The topological polar surface area (TPSA) is 58.1 Å². The van der Waals surface area contributed by atoms with Crippen LogP contribution in [-0.2, 0) is 13.0 Å². The SMILES string of the molecule is CCOc1cc2c(cc1CNC(=NC)NC1CCN(C(C)C)CC1)OC(C)C2.I. The van der Waals surface area contributed by atoms with E-state index in [-0.39, 0.29) is 30.1 Å². The van der Waals surface area contributed by atoms with Gasteiger partial charge in [-0.05, 0) is 52.7 Å². The van der Waals surface area contributed by atoms with Crippen molar-refractivity contribution in [3.63, 3.8) is 0 Å². The number of fused-ring (bicyclic) bond motifs is 1. The summed E-state index contributed by atoms with van der Waals surface area (Å²) >= 11 is 0. The third-order valence-corrected chi connectivity index (χ3v) is 5.65. The fraction of sp³-hybridized carbons (Fsp3) is 0.682. The third-order valence-electron chi connectivity index (χ3n) is 5.65. The molecule has 0 spiro atoms. The Morgan fingerprint density at radius 1 is 1.31 bits per heavy atom. The normalized spacial score (nSPS) is 20.1. The van der Waals surface area contributed by atoms with Crippen LogP contribution in [0.2, 0.25) is 0 Å². The lowest BCUT2D eigenvalue weighted by atomic mass is 10.0. The smallest absolute Gasteiger partial charge is 0.191 e. The van der Waals surface area contributed by atoms with Crippen LogP contribution in [-0.4, -0.2) is 55.8 Å². The molecule has 0 bridgehead atoms. The number of benzene rings is 1. The van der Waals surface area contributed by atoms with Gasteiger partial charge >= 0.3 is 0 Å². The second-order valence-corrected chi connectivity index (χ2v) is 8.11. The van der Waals surface area contributed by atoms with Gasteiger partial charge in [0.1, 0.15) is 17.6 Å². The fourth-order valence-corrected chi connectivity index (χ4v) is 4.04. The Hall–Kier alpha value is -1.22. The molecular formula is C22H37IN4O2. The van der Waals surface area contributed by atoms with E-state index in [1.165, 1.54) is 5.56 Å². The van der Waals surface area contributed by atoms with Gasteiger partial charge in [0.25, 0.3) is 0 Å². The molecule has 2 N–H and O–H groups in total. The highest BCUT2D eigenvalue weighted by Crippen LogP contribution is 2.35. The zero-order chi connectivity index (χ0) is 20.1. The minimum atomic E-state index is 0. The van der Waals surface area contributed by atoms with E-state index < -0.39 is 0 Å². The molecule has 0 radical (unpaired) electrons. The molecule has 0 saturated carbocycles. The van der Waals surface area contributed by atoms with Gasteiger partial charge < -0.3 is 25.0 Å². The largest absolute Gasteiger partial charge is 0.494 e. The molecule has 2 aliphatic rings. The highest BCUT2D eigenvalue weighted by Gasteiger charge is 2.23. The highest BCUT2D eigenvalue weighted by atomic mass is 127. The van der Waals surface area contributed by atoms with E-state index in [0.29, 0.717) is 25.2 Å². The van der Waals surface area contributed by atoms with Crippen LogP contribution in [0.3, 0.4) is 0 Å². The molecule has 1 atom stereocenters. The monoisotopic (exact) mass is 516 g/mol. The minimum Gasteiger partial charge on any atom is -0.494 e. The molecule has 1 unspecified atom stereocenters. The van der Waals surface area contributed by atoms with Gasteiger partial charge in [0.05, 0.1) is 6.61 Å². The van der Waals surface area contributed by atoms with Crippen molar-refractivity contribution < 1.29 is 9.47 Å². The first-order valence-corrected chi connectivity index (χ1v) is 10.7. The fourth-order valence-electron chi connectivity index (χ4n) is 4.04. The number of guanidine groups is 1. The molecular weight excluding hydrogens is 479 g/mol. The molecule has 0 aromatic heterocycles. The van der Waals surface area contributed by atoms with Crippen molar-refractivity contribution in [1.29, 1.82) is 0 Å². The quantitative estimate of drug-likeness (QED) is 0.344. The molecule has 1 aromatic carbocycles. The molecule has 164 valence electrons. The zero-order valence-electron chi connectivity index (χ0n) is 18.5. The standard InChI is InChI=1S/C22H36N4O2.HI/c1-6-27-20-12-17-11-16(4)28-21(17)13-18(20)14-24-22(23-5)25-19-7-9-26(10-8-19)15(2)3;/h12-13,15-16,19H,6-11,14H2,1-5H3,(H2,23,24,25);1H. The highest BCUT2D eigenvalue weighted by molar-refractivity contribution is 14.0. The van der Waals surface area contributed by atoms with E-state index in [2.05, 4.69) is 53.4 Å². The van der Waals surface area contributed by atoms with E-state index in [4.69, 9.17) is 9.47 Å². The number of likely N-dealkylation sites (tertiary alicyclic amines) is 1. The lowest BCUT2D eigenvalue weighted by molar-refractivity contribution is 0.167. The average Bonchev–Trinajstić information content (AvgIpc) is 3.04. The maximum Gasteiger partial charge on any atom is 0.191 e. The van der Waals surface area contributed by atoms with Crippen LogP contribution in [0.1, 0.15) is 51.7 Å². The van der Waals surface area contributed by atoms with Crippen molar-refractivity contribution in [3.05, 3.63) is 23.3 Å². The molecule has 0 amide bonds. The number of nitrogens with one attached hydrogen (secondary N) is 2. The summed E-state index contributed by atoms with van der Waals surface area (Å²) in [4.78, 5) is 6.96. The van der Waals surface area contributed by atoms with Gasteiger partial charge in [0.2, 0.25) is 0 Å². The zero-order valence-corrected chi connectivity index (χ0v) is 20.8. The Kier molecular flexibility index (Phi) is 9.33. The summed E-state index contributed by atoms with van der Waals surface area (Å²) in [5.41, 5.74) is 2.34. The van der Waals surface area contributed by atoms with Gasteiger partial charge in [-0.1, -0.05) is 0 Å². The Morgan fingerprint density at radius 3 is 2.66 bits per heavy atom. The Labute approximate surface area is 192 Å². The van der Waals surface area contributed by atoms with Crippen LogP contribution in [0.25, 0.3) is 0 Å². The number of hydrogen-bond donors (Lipinski definition) is 2. The predicted octanol–water partition coefficient (Wildman–Crippen LogP) is 3.56. The number of nitrogens with zero attached hydrogens (tertiary/aromatic N) is 2. The first kappa shape index (κ1) is 24.1. The van der Waals surface area contributed by atoms with Crippen LogP contribution >= 0.6 is 24.0 Å². The van der Waals surface area contributed by atoms with Crippen molar-refractivity contribution in [2.24, 2.45) is 4.99 Å². The van der Waals surface area contributed by atoms with Crippen LogP contribution in [0.15, 0.2) is 17.1 Å².